The topological polar surface area (TPSA) is 70.7 Å². The molecule has 2 heterocycles. The summed E-state index contributed by atoms with van der Waals surface area (Å²) in [7, 11) is 0. The Morgan fingerprint density at radius 2 is 2.50 bits per heavy atom. The summed E-state index contributed by atoms with van der Waals surface area (Å²) in [5, 5.41) is 4.88. The van der Waals surface area contributed by atoms with Crippen LogP contribution in [0, 0.1) is 0 Å². The summed E-state index contributed by atoms with van der Waals surface area (Å²) < 4.78 is 0. The lowest BCUT2D eigenvalue weighted by molar-refractivity contribution is 0.269. The van der Waals surface area contributed by atoms with Gasteiger partial charge in [-0.2, -0.15) is 0 Å². The molecule has 2 aromatic rings. The molecule has 0 aliphatic heterocycles. The summed E-state index contributed by atoms with van der Waals surface area (Å²) in [5.41, 5.74) is 1.68. The van der Waals surface area contributed by atoms with E-state index < -0.39 is 0 Å². The first-order valence-corrected chi connectivity index (χ1v) is 5.47. The fourth-order valence-corrected chi connectivity index (χ4v) is 2.08. The Balaban J connectivity index is 1.91. The molecule has 72 valence electrons. The molecule has 0 fully saturated rings. The van der Waals surface area contributed by atoms with Crippen LogP contribution in [-0.4, -0.2) is 20.2 Å². The van der Waals surface area contributed by atoms with Crippen LogP contribution in [0.4, 0.5) is 10.7 Å². The molecule has 0 aliphatic rings. The third-order valence-corrected chi connectivity index (χ3v) is 2.78. The molecule has 7 heteroatoms. The van der Waals surface area contributed by atoms with Crippen molar-refractivity contribution in [3.05, 3.63) is 23.3 Å². The van der Waals surface area contributed by atoms with Gasteiger partial charge in [0.05, 0.1) is 5.51 Å². The molecule has 0 bridgehead atoms. The van der Waals surface area contributed by atoms with Crippen LogP contribution in [0.3, 0.4) is 0 Å². The third kappa shape index (κ3) is 2.33. The Morgan fingerprint density at radius 3 is 3.14 bits per heavy atom. The zero-order chi connectivity index (χ0) is 9.80. The molecule has 0 saturated heterocycles. The number of aromatic nitrogens is 3. The largest absolute Gasteiger partial charge is 0.331 e. The Bertz CT molecular complexity index is 359. The monoisotopic (exact) mass is 226 g/mol. The molecule has 0 aliphatic carbocycles. The first-order chi connectivity index (χ1) is 6.84. The second-order valence-corrected chi connectivity index (χ2v) is 3.99. The number of imidazole rings is 1. The molecule has 14 heavy (non-hydrogen) atoms. The number of anilines is 1. The number of nitrogens with zero attached hydrogens (tertiary/aromatic N) is 2. The van der Waals surface area contributed by atoms with Crippen molar-refractivity contribution in [2.45, 2.75) is 5.03 Å². The average molecular weight is 226 g/mol. The van der Waals surface area contributed by atoms with E-state index in [4.69, 9.17) is 0 Å². The van der Waals surface area contributed by atoms with Crippen LogP contribution in [-0.2, 0) is 0 Å². The van der Waals surface area contributed by atoms with Crippen LogP contribution in [0.1, 0.15) is 0 Å². The van der Waals surface area contributed by atoms with Gasteiger partial charge < -0.3 is 4.98 Å². The van der Waals surface area contributed by atoms with E-state index >= 15 is 0 Å². The molecule has 1 amide bonds. The molecular weight excluding hydrogens is 220 g/mol. The van der Waals surface area contributed by atoms with Crippen molar-refractivity contribution in [3.63, 3.8) is 0 Å². The van der Waals surface area contributed by atoms with Crippen molar-refractivity contribution in [3.8, 4) is 0 Å². The molecule has 2 N–H and O–H groups in total. The van der Waals surface area contributed by atoms with Crippen LogP contribution < -0.4 is 5.32 Å². The van der Waals surface area contributed by atoms with Gasteiger partial charge in [0.25, 0.3) is 5.24 Å². The highest BCUT2D eigenvalue weighted by Crippen LogP contribution is 2.19. The van der Waals surface area contributed by atoms with Gasteiger partial charge in [-0.3, -0.25) is 10.1 Å². The van der Waals surface area contributed by atoms with Gasteiger partial charge >= 0.3 is 0 Å². The highest BCUT2D eigenvalue weighted by atomic mass is 32.2. The Labute approximate surface area is 88.0 Å². The first kappa shape index (κ1) is 9.22. The Morgan fingerprint density at radius 1 is 1.57 bits per heavy atom. The van der Waals surface area contributed by atoms with Gasteiger partial charge in [0.15, 0.2) is 0 Å². The number of carbonyl (C=O) groups is 1. The van der Waals surface area contributed by atoms with Crippen molar-refractivity contribution in [2.75, 3.05) is 5.32 Å². The lowest BCUT2D eigenvalue weighted by Crippen LogP contribution is -2.05. The van der Waals surface area contributed by atoms with E-state index in [1.807, 2.05) is 5.38 Å². The normalized spacial score (nSPS) is 10.0. The van der Waals surface area contributed by atoms with Gasteiger partial charge in [-0.25, -0.2) is 9.97 Å². The molecule has 2 aromatic heterocycles. The number of amides is 1. The predicted molar refractivity (Wildman–Crippen MR) is 55.6 cm³/mol. The Kier molecular flexibility index (Phi) is 2.80. The van der Waals surface area contributed by atoms with E-state index in [0.717, 1.165) is 11.8 Å². The summed E-state index contributed by atoms with van der Waals surface area (Å²) in [4.78, 5) is 22.0. The summed E-state index contributed by atoms with van der Waals surface area (Å²) in [6, 6.07) is 0. The maximum atomic E-state index is 11.3. The smallest absolute Gasteiger partial charge is 0.292 e. The zero-order valence-electron chi connectivity index (χ0n) is 6.93. The maximum absolute atomic E-state index is 11.3. The highest BCUT2D eigenvalue weighted by molar-refractivity contribution is 8.13. The minimum atomic E-state index is -0.203. The number of thiazole rings is 1. The quantitative estimate of drug-likeness (QED) is 0.770. The van der Waals surface area contributed by atoms with E-state index in [0.29, 0.717) is 11.0 Å². The SMILES string of the molecule is O=C(Nc1ncc[nH]1)Sc1cscn1. The van der Waals surface area contributed by atoms with E-state index in [9.17, 15) is 4.79 Å². The molecular formula is C7H6N4OS2. The van der Waals surface area contributed by atoms with E-state index in [1.165, 1.54) is 11.3 Å². The van der Waals surface area contributed by atoms with Crippen molar-refractivity contribution in [1.82, 2.24) is 15.0 Å². The van der Waals surface area contributed by atoms with E-state index in [1.54, 1.807) is 17.9 Å². The summed E-state index contributed by atoms with van der Waals surface area (Å²) >= 11 is 2.49. The number of carbonyl (C=O) groups excluding carboxylic acids is 1. The van der Waals surface area contributed by atoms with Crippen LogP contribution in [0.15, 0.2) is 28.3 Å². The van der Waals surface area contributed by atoms with Crippen LogP contribution >= 0.6 is 23.1 Å². The standard InChI is InChI=1S/C7H6N4OS2/c12-7(11-6-8-1-2-9-6)14-5-3-13-4-10-5/h1-4H,(H2,8,9,11,12). The van der Waals surface area contributed by atoms with E-state index in [2.05, 4.69) is 20.3 Å². The number of aromatic amines is 1. The third-order valence-electron chi connectivity index (χ3n) is 1.33. The van der Waals surface area contributed by atoms with Gasteiger partial charge in [-0.05, 0) is 11.8 Å². The molecule has 0 aromatic carbocycles. The minimum Gasteiger partial charge on any atom is -0.331 e. The zero-order valence-corrected chi connectivity index (χ0v) is 8.56. The van der Waals surface area contributed by atoms with Crippen LogP contribution in [0.5, 0.6) is 0 Å². The fourth-order valence-electron chi connectivity index (χ4n) is 0.803. The number of hydrogen-bond donors (Lipinski definition) is 2. The van der Waals surface area contributed by atoms with Gasteiger partial charge in [-0.15, -0.1) is 11.3 Å². The number of nitrogens with one attached hydrogen (secondary N) is 2. The second-order valence-electron chi connectivity index (χ2n) is 2.28. The molecule has 0 saturated carbocycles. The molecule has 2 rings (SSSR count). The van der Waals surface area contributed by atoms with Gasteiger partial charge in [0.1, 0.15) is 5.03 Å². The van der Waals surface area contributed by atoms with E-state index in [-0.39, 0.29) is 5.24 Å². The van der Waals surface area contributed by atoms with Crippen molar-refractivity contribution in [1.29, 1.82) is 0 Å². The molecule has 5 nitrogen and oxygen atoms in total. The van der Waals surface area contributed by atoms with Crippen molar-refractivity contribution < 1.29 is 4.79 Å². The number of hydrogen-bond acceptors (Lipinski definition) is 5. The van der Waals surface area contributed by atoms with Gasteiger partial charge in [0, 0.05) is 17.8 Å². The lowest BCUT2D eigenvalue weighted by atomic mass is 11.0. The maximum Gasteiger partial charge on any atom is 0.292 e. The number of H-pyrrole nitrogens is 1. The van der Waals surface area contributed by atoms with Gasteiger partial charge in [-0.1, -0.05) is 0 Å². The number of thioether (sulfide) groups is 1. The summed E-state index contributed by atoms with van der Waals surface area (Å²) in [6.45, 7) is 0. The van der Waals surface area contributed by atoms with Gasteiger partial charge in [0.2, 0.25) is 5.95 Å². The predicted octanol–water partition coefficient (Wildman–Crippen LogP) is 2.19. The molecule has 0 radical (unpaired) electrons. The van der Waals surface area contributed by atoms with Crippen LogP contribution in [0.2, 0.25) is 0 Å². The summed E-state index contributed by atoms with van der Waals surface area (Å²) in [5.74, 6) is 0.442. The molecule has 0 unspecified atom stereocenters. The fraction of sp³-hybridized carbons (Fsp3) is 0. The van der Waals surface area contributed by atoms with Crippen molar-refractivity contribution >= 4 is 34.3 Å². The van der Waals surface area contributed by atoms with Crippen LogP contribution in [0.25, 0.3) is 0 Å². The summed E-state index contributed by atoms with van der Waals surface area (Å²) in [6.07, 6.45) is 3.21. The first-order valence-electron chi connectivity index (χ1n) is 3.71. The Hall–Kier alpha value is -1.34. The average Bonchev–Trinajstić information content (AvgIpc) is 2.76. The molecule has 0 atom stereocenters. The second kappa shape index (κ2) is 4.25. The molecule has 0 spiro atoms. The minimum absolute atomic E-state index is 0.203. The van der Waals surface area contributed by atoms with Crippen molar-refractivity contribution in [2.24, 2.45) is 0 Å². The number of rotatable bonds is 2. The lowest BCUT2D eigenvalue weighted by Gasteiger charge is -1.97. The highest BCUT2D eigenvalue weighted by Gasteiger charge is 2.06.